The average molecular weight is 202 g/mol. The van der Waals surface area contributed by atoms with E-state index in [1.165, 1.54) is 0 Å². The molecule has 78 valence electrons. The Bertz CT molecular complexity index is 526. The largest absolute Gasteiger partial charge is 0.295 e. The van der Waals surface area contributed by atoms with Crippen molar-refractivity contribution in [1.29, 1.82) is 0 Å². The number of benzene rings is 1. The van der Waals surface area contributed by atoms with Gasteiger partial charge in [0.2, 0.25) is 0 Å². The van der Waals surface area contributed by atoms with Crippen LogP contribution >= 0.6 is 0 Å². The number of Topliss-reactive ketones (excluding diaryl/α,β-unsaturated/α-hetero) is 1. The van der Waals surface area contributed by atoms with Crippen molar-refractivity contribution in [2.75, 3.05) is 0 Å². The first-order valence-corrected chi connectivity index (χ1v) is 5.11. The molecule has 3 nitrogen and oxygen atoms in total. The fraction of sp³-hybridized carbons (Fsp3) is 0.333. The highest BCUT2D eigenvalue weighted by atomic mass is 16.1. The molecule has 1 aromatic heterocycles. The maximum atomic E-state index is 11.2. The molecule has 15 heavy (non-hydrogen) atoms. The predicted molar refractivity (Wildman–Crippen MR) is 60.1 cm³/mol. The summed E-state index contributed by atoms with van der Waals surface area (Å²) in [6.45, 7) is 6.54. The summed E-state index contributed by atoms with van der Waals surface area (Å²) in [7, 11) is 0. The molecule has 0 aliphatic rings. The minimum atomic E-state index is 0.0839. The van der Waals surface area contributed by atoms with E-state index in [0.29, 0.717) is 0 Å². The smallest absolute Gasteiger partial charge is 0.159 e. The fourth-order valence-electron chi connectivity index (χ4n) is 1.79. The zero-order valence-corrected chi connectivity index (χ0v) is 9.24. The van der Waals surface area contributed by atoms with Crippen LogP contribution in [0.2, 0.25) is 0 Å². The van der Waals surface area contributed by atoms with Crippen LogP contribution in [0.15, 0.2) is 18.2 Å². The quantitative estimate of drug-likeness (QED) is 0.701. The number of carbonyl (C=O) groups is 1. The molecule has 0 N–H and O–H groups in total. The van der Waals surface area contributed by atoms with Crippen LogP contribution in [0, 0.1) is 6.92 Å². The molecular weight excluding hydrogens is 188 g/mol. The Labute approximate surface area is 88.7 Å². The third-order valence-corrected chi connectivity index (χ3v) is 2.71. The summed E-state index contributed by atoms with van der Waals surface area (Å²) in [5.41, 5.74) is 2.79. The zero-order chi connectivity index (χ0) is 11.0. The summed E-state index contributed by atoms with van der Waals surface area (Å²) in [4.78, 5) is 11.2. The van der Waals surface area contributed by atoms with E-state index < -0.39 is 0 Å². The normalized spacial score (nSPS) is 10.9. The molecular formula is C12H14N2O. The van der Waals surface area contributed by atoms with Crippen molar-refractivity contribution < 1.29 is 4.79 Å². The maximum Gasteiger partial charge on any atom is 0.159 e. The summed E-state index contributed by atoms with van der Waals surface area (Å²) in [5, 5.41) is 5.56. The van der Waals surface area contributed by atoms with Gasteiger partial charge in [0, 0.05) is 23.2 Å². The van der Waals surface area contributed by atoms with E-state index in [4.69, 9.17) is 0 Å². The van der Waals surface area contributed by atoms with Gasteiger partial charge in [-0.3, -0.25) is 9.48 Å². The average Bonchev–Trinajstić information content (AvgIpc) is 2.55. The Morgan fingerprint density at radius 3 is 2.80 bits per heavy atom. The molecule has 1 heterocycles. The van der Waals surface area contributed by atoms with Crippen molar-refractivity contribution in [3.63, 3.8) is 0 Å². The van der Waals surface area contributed by atoms with Gasteiger partial charge in [0.25, 0.3) is 0 Å². The van der Waals surface area contributed by atoms with Crippen molar-refractivity contribution in [3.8, 4) is 0 Å². The lowest BCUT2D eigenvalue weighted by Gasteiger charge is -1.96. The Morgan fingerprint density at radius 2 is 2.20 bits per heavy atom. The topological polar surface area (TPSA) is 34.9 Å². The second-order valence-corrected chi connectivity index (χ2v) is 3.69. The van der Waals surface area contributed by atoms with E-state index >= 15 is 0 Å². The second-order valence-electron chi connectivity index (χ2n) is 3.69. The van der Waals surface area contributed by atoms with E-state index in [9.17, 15) is 4.79 Å². The summed E-state index contributed by atoms with van der Waals surface area (Å²) in [6.07, 6.45) is 0. The molecule has 2 aromatic rings. The Hall–Kier alpha value is -1.64. The van der Waals surface area contributed by atoms with Gasteiger partial charge in [-0.15, -0.1) is 0 Å². The molecule has 2 rings (SSSR count). The number of carbonyl (C=O) groups excluding carboxylic acids is 1. The molecule has 0 radical (unpaired) electrons. The second kappa shape index (κ2) is 3.50. The van der Waals surface area contributed by atoms with Gasteiger partial charge in [0.05, 0.1) is 5.52 Å². The third kappa shape index (κ3) is 1.54. The number of aromatic nitrogens is 2. The first-order chi connectivity index (χ1) is 7.13. The van der Waals surface area contributed by atoms with Crippen molar-refractivity contribution in [1.82, 2.24) is 9.78 Å². The first kappa shape index (κ1) is 9.90. The molecule has 0 saturated heterocycles. The van der Waals surface area contributed by atoms with Crippen LogP contribution in [0.1, 0.15) is 29.9 Å². The number of hydrogen-bond acceptors (Lipinski definition) is 2. The van der Waals surface area contributed by atoms with Gasteiger partial charge in [-0.1, -0.05) is 12.1 Å². The lowest BCUT2D eigenvalue weighted by Crippen LogP contribution is -1.97. The molecule has 3 heteroatoms. The van der Waals surface area contributed by atoms with Gasteiger partial charge in [0.1, 0.15) is 0 Å². The highest BCUT2D eigenvalue weighted by Crippen LogP contribution is 2.19. The van der Waals surface area contributed by atoms with Crippen LogP contribution in [-0.4, -0.2) is 15.6 Å². The van der Waals surface area contributed by atoms with E-state index in [-0.39, 0.29) is 5.78 Å². The van der Waals surface area contributed by atoms with Gasteiger partial charge in [-0.25, -0.2) is 0 Å². The van der Waals surface area contributed by atoms with Crippen molar-refractivity contribution in [2.24, 2.45) is 0 Å². The van der Waals surface area contributed by atoms with Gasteiger partial charge in [-0.2, -0.15) is 5.10 Å². The van der Waals surface area contributed by atoms with Crippen molar-refractivity contribution >= 4 is 16.7 Å². The van der Waals surface area contributed by atoms with Crippen molar-refractivity contribution in [3.05, 3.63) is 29.5 Å². The SMILES string of the molecule is CCn1nc2cc(C(C)=O)ccc2c1C. The Kier molecular flexibility index (Phi) is 2.31. The van der Waals surface area contributed by atoms with E-state index in [1.54, 1.807) is 6.92 Å². The van der Waals surface area contributed by atoms with Gasteiger partial charge in [-0.05, 0) is 26.8 Å². The number of fused-ring (bicyclic) bond motifs is 1. The fourth-order valence-corrected chi connectivity index (χ4v) is 1.79. The van der Waals surface area contributed by atoms with Crippen LogP contribution in [0.4, 0.5) is 0 Å². The molecule has 0 atom stereocenters. The Balaban J connectivity index is 2.68. The number of rotatable bonds is 2. The number of ketones is 1. The number of nitrogens with zero attached hydrogens (tertiary/aromatic N) is 2. The molecule has 0 aliphatic heterocycles. The van der Waals surface area contributed by atoms with Crippen LogP contribution in [0.5, 0.6) is 0 Å². The Morgan fingerprint density at radius 1 is 1.47 bits per heavy atom. The predicted octanol–water partition coefficient (Wildman–Crippen LogP) is 2.57. The molecule has 0 aliphatic carbocycles. The molecule has 0 spiro atoms. The van der Waals surface area contributed by atoms with Crippen LogP contribution in [0.25, 0.3) is 10.9 Å². The van der Waals surface area contributed by atoms with Gasteiger partial charge in [0.15, 0.2) is 5.78 Å². The monoisotopic (exact) mass is 202 g/mol. The first-order valence-electron chi connectivity index (χ1n) is 5.11. The number of hydrogen-bond donors (Lipinski definition) is 0. The zero-order valence-electron chi connectivity index (χ0n) is 9.24. The summed E-state index contributed by atoms with van der Waals surface area (Å²) in [6, 6.07) is 5.69. The van der Waals surface area contributed by atoms with E-state index in [1.807, 2.05) is 29.8 Å². The van der Waals surface area contributed by atoms with Gasteiger partial charge < -0.3 is 0 Å². The minimum absolute atomic E-state index is 0.0839. The molecule has 0 fully saturated rings. The lowest BCUT2D eigenvalue weighted by molar-refractivity contribution is 0.101. The third-order valence-electron chi connectivity index (χ3n) is 2.71. The highest BCUT2D eigenvalue weighted by Gasteiger charge is 2.07. The molecule has 0 unspecified atom stereocenters. The van der Waals surface area contributed by atoms with E-state index in [2.05, 4.69) is 12.0 Å². The molecule has 0 saturated carbocycles. The van der Waals surface area contributed by atoms with Crippen LogP contribution in [-0.2, 0) is 6.54 Å². The van der Waals surface area contributed by atoms with Crippen LogP contribution < -0.4 is 0 Å². The maximum absolute atomic E-state index is 11.2. The summed E-state index contributed by atoms with van der Waals surface area (Å²) >= 11 is 0. The molecule has 1 aromatic carbocycles. The molecule has 0 bridgehead atoms. The molecule has 0 amide bonds. The minimum Gasteiger partial charge on any atom is -0.295 e. The van der Waals surface area contributed by atoms with Crippen molar-refractivity contribution in [2.45, 2.75) is 27.3 Å². The van der Waals surface area contributed by atoms with E-state index in [0.717, 1.165) is 28.7 Å². The highest BCUT2D eigenvalue weighted by molar-refractivity contribution is 5.98. The lowest BCUT2D eigenvalue weighted by atomic mass is 10.1. The van der Waals surface area contributed by atoms with Crippen LogP contribution in [0.3, 0.4) is 0 Å². The van der Waals surface area contributed by atoms with Gasteiger partial charge >= 0.3 is 0 Å². The number of aryl methyl sites for hydroxylation is 2. The summed E-state index contributed by atoms with van der Waals surface area (Å²) < 4.78 is 1.95. The standard InChI is InChI=1S/C12H14N2O/c1-4-14-8(2)11-6-5-10(9(3)15)7-12(11)13-14/h5-7H,4H2,1-3H3. The summed E-state index contributed by atoms with van der Waals surface area (Å²) in [5.74, 6) is 0.0839.